The van der Waals surface area contributed by atoms with Crippen LogP contribution in [0.3, 0.4) is 0 Å². The number of nitrogens with zero attached hydrogens (tertiary/aromatic N) is 3. The molecule has 5 nitrogen and oxygen atoms in total. The van der Waals surface area contributed by atoms with Crippen LogP contribution in [-0.2, 0) is 16.6 Å². The molecule has 2 heterocycles. The van der Waals surface area contributed by atoms with Crippen LogP contribution >= 0.6 is 0 Å². The molecular formula is C16H16N4OS. The van der Waals surface area contributed by atoms with Crippen molar-refractivity contribution in [3.8, 4) is 0 Å². The van der Waals surface area contributed by atoms with Gasteiger partial charge >= 0.3 is 0 Å². The average Bonchev–Trinajstić information content (AvgIpc) is 2.55. The predicted molar refractivity (Wildman–Crippen MR) is 89.0 cm³/mol. The van der Waals surface area contributed by atoms with Crippen molar-refractivity contribution in [1.82, 2.24) is 15.0 Å². The third-order valence-corrected chi connectivity index (χ3v) is 4.45. The van der Waals surface area contributed by atoms with Gasteiger partial charge in [-0.15, -0.1) is 0 Å². The Kier molecular flexibility index (Phi) is 4.70. The van der Waals surface area contributed by atoms with E-state index >= 15 is 0 Å². The summed E-state index contributed by atoms with van der Waals surface area (Å²) < 4.78 is 12.0. The van der Waals surface area contributed by atoms with Crippen molar-refractivity contribution in [2.24, 2.45) is 0 Å². The van der Waals surface area contributed by atoms with Gasteiger partial charge in [-0.2, -0.15) is 0 Å². The monoisotopic (exact) mass is 312 g/mol. The zero-order valence-corrected chi connectivity index (χ0v) is 12.8. The van der Waals surface area contributed by atoms with Gasteiger partial charge in [-0.1, -0.05) is 30.3 Å². The maximum atomic E-state index is 12.0. The van der Waals surface area contributed by atoms with Gasteiger partial charge in [0.15, 0.2) is 5.65 Å². The van der Waals surface area contributed by atoms with Crippen molar-refractivity contribution in [2.75, 3.05) is 17.6 Å². The molecule has 1 atom stereocenters. The molecule has 0 aliphatic heterocycles. The Morgan fingerprint density at radius 3 is 2.68 bits per heavy atom. The number of hydrogen-bond acceptors (Lipinski definition) is 5. The zero-order chi connectivity index (χ0) is 15.2. The summed E-state index contributed by atoms with van der Waals surface area (Å²) in [6.45, 7) is 0.609. The predicted octanol–water partition coefficient (Wildman–Crippen LogP) is 2.39. The number of benzene rings is 1. The van der Waals surface area contributed by atoms with Gasteiger partial charge < -0.3 is 5.32 Å². The summed E-state index contributed by atoms with van der Waals surface area (Å²) in [5, 5.41) is 3.18. The molecule has 0 bridgehead atoms. The van der Waals surface area contributed by atoms with Crippen LogP contribution in [0.15, 0.2) is 54.9 Å². The minimum absolute atomic E-state index is 0.578. The molecule has 0 saturated carbocycles. The van der Waals surface area contributed by atoms with E-state index in [0.29, 0.717) is 23.7 Å². The largest absolute Gasteiger partial charge is 0.369 e. The molecule has 3 aromatic rings. The van der Waals surface area contributed by atoms with Crippen molar-refractivity contribution >= 4 is 27.8 Å². The van der Waals surface area contributed by atoms with Crippen molar-refractivity contribution in [3.63, 3.8) is 0 Å². The minimum atomic E-state index is -0.890. The Hall–Kier alpha value is -2.34. The SMILES string of the molecule is O=S(CCNc1ccc2nccnc2n1)Cc1ccccc1. The first kappa shape index (κ1) is 14.6. The second-order valence-electron chi connectivity index (χ2n) is 4.80. The number of fused-ring (bicyclic) bond motifs is 1. The smallest absolute Gasteiger partial charge is 0.180 e. The van der Waals surface area contributed by atoms with E-state index in [-0.39, 0.29) is 0 Å². The van der Waals surface area contributed by atoms with Crippen LogP contribution in [0.5, 0.6) is 0 Å². The van der Waals surface area contributed by atoms with Crippen LogP contribution in [0.1, 0.15) is 5.56 Å². The molecule has 2 aromatic heterocycles. The normalized spacial score (nSPS) is 12.2. The molecule has 3 rings (SSSR count). The quantitative estimate of drug-likeness (QED) is 0.757. The molecule has 0 radical (unpaired) electrons. The lowest BCUT2D eigenvalue weighted by Crippen LogP contribution is -2.13. The lowest BCUT2D eigenvalue weighted by atomic mass is 10.2. The molecule has 0 spiro atoms. The highest BCUT2D eigenvalue weighted by molar-refractivity contribution is 7.84. The van der Waals surface area contributed by atoms with E-state index in [1.807, 2.05) is 42.5 Å². The standard InChI is InChI=1S/C16H16N4OS/c21-22(12-13-4-2-1-3-5-13)11-10-18-15-7-6-14-16(20-15)19-9-8-17-14/h1-9H,10-12H2,(H,18,19,20). The van der Waals surface area contributed by atoms with E-state index in [9.17, 15) is 4.21 Å². The van der Waals surface area contributed by atoms with Gasteiger partial charge in [-0.05, 0) is 17.7 Å². The van der Waals surface area contributed by atoms with Crippen molar-refractivity contribution in [2.45, 2.75) is 5.75 Å². The molecule has 1 N–H and O–H groups in total. The molecule has 6 heteroatoms. The Bertz CT molecular complexity index is 779. The van der Waals surface area contributed by atoms with Crippen LogP contribution in [-0.4, -0.2) is 31.5 Å². The van der Waals surface area contributed by atoms with E-state index in [0.717, 1.165) is 16.9 Å². The first-order valence-corrected chi connectivity index (χ1v) is 8.50. The molecule has 0 aliphatic carbocycles. The average molecular weight is 312 g/mol. The fourth-order valence-corrected chi connectivity index (χ4v) is 3.12. The second kappa shape index (κ2) is 7.09. The Labute approximate surface area is 131 Å². The second-order valence-corrected chi connectivity index (χ2v) is 6.37. The van der Waals surface area contributed by atoms with E-state index < -0.39 is 10.8 Å². The van der Waals surface area contributed by atoms with E-state index in [1.165, 1.54) is 0 Å². The fraction of sp³-hybridized carbons (Fsp3) is 0.188. The third-order valence-electron chi connectivity index (χ3n) is 3.14. The number of anilines is 1. The van der Waals surface area contributed by atoms with Crippen molar-refractivity contribution in [1.29, 1.82) is 0 Å². The molecule has 0 saturated heterocycles. The topological polar surface area (TPSA) is 67.8 Å². The van der Waals surface area contributed by atoms with Gasteiger partial charge in [0.1, 0.15) is 11.3 Å². The molecule has 0 amide bonds. The van der Waals surface area contributed by atoms with Gasteiger partial charge in [-0.3, -0.25) is 9.19 Å². The summed E-state index contributed by atoms with van der Waals surface area (Å²) in [7, 11) is -0.890. The van der Waals surface area contributed by atoms with E-state index in [2.05, 4.69) is 20.3 Å². The molecule has 22 heavy (non-hydrogen) atoms. The maximum absolute atomic E-state index is 12.0. The highest BCUT2D eigenvalue weighted by Crippen LogP contribution is 2.10. The van der Waals surface area contributed by atoms with Crippen LogP contribution in [0.2, 0.25) is 0 Å². The molecule has 1 unspecified atom stereocenters. The lowest BCUT2D eigenvalue weighted by molar-refractivity contribution is 0.682. The van der Waals surface area contributed by atoms with Gasteiger partial charge in [0, 0.05) is 41.2 Å². The van der Waals surface area contributed by atoms with Crippen molar-refractivity contribution < 1.29 is 4.21 Å². The first-order valence-electron chi connectivity index (χ1n) is 7.02. The van der Waals surface area contributed by atoms with Gasteiger partial charge in [0.2, 0.25) is 0 Å². The van der Waals surface area contributed by atoms with E-state index in [1.54, 1.807) is 12.4 Å². The fourth-order valence-electron chi connectivity index (χ4n) is 2.08. The molecular weight excluding hydrogens is 296 g/mol. The minimum Gasteiger partial charge on any atom is -0.369 e. The summed E-state index contributed by atoms with van der Waals surface area (Å²) in [6, 6.07) is 13.6. The highest BCUT2D eigenvalue weighted by atomic mass is 32.2. The van der Waals surface area contributed by atoms with Crippen LogP contribution < -0.4 is 5.32 Å². The first-order chi connectivity index (χ1) is 10.8. The highest BCUT2D eigenvalue weighted by Gasteiger charge is 2.03. The van der Waals surface area contributed by atoms with Crippen LogP contribution in [0.25, 0.3) is 11.2 Å². The molecule has 112 valence electrons. The Morgan fingerprint density at radius 1 is 1.00 bits per heavy atom. The Balaban J connectivity index is 1.52. The summed E-state index contributed by atoms with van der Waals surface area (Å²) in [6.07, 6.45) is 3.26. The number of aromatic nitrogens is 3. The number of rotatable bonds is 6. The van der Waals surface area contributed by atoms with Crippen LogP contribution in [0, 0.1) is 0 Å². The lowest BCUT2D eigenvalue weighted by Gasteiger charge is -2.06. The van der Waals surface area contributed by atoms with Gasteiger partial charge in [0.25, 0.3) is 0 Å². The summed E-state index contributed by atoms with van der Waals surface area (Å²) in [4.78, 5) is 12.7. The number of pyridine rings is 1. The van der Waals surface area contributed by atoms with Gasteiger partial charge in [-0.25, -0.2) is 9.97 Å². The summed E-state index contributed by atoms with van der Waals surface area (Å²) >= 11 is 0. The molecule has 0 aliphatic rings. The molecule has 0 fully saturated rings. The number of hydrogen-bond donors (Lipinski definition) is 1. The van der Waals surface area contributed by atoms with Crippen molar-refractivity contribution in [3.05, 3.63) is 60.4 Å². The summed E-state index contributed by atoms with van der Waals surface area (Å²) in [5.41, 5.74) is 2.47. The Morgan fingerprint density at radius 2 is 1.82 bits per heavy atom. The summed E-state index contributed by atoms with van der Waals surface area (Å²) in [5.74, 6) is 1.89. The van der Waals surface area contributed by atoms with Crippen LogP contribution in [0.4, 0.5) is 5.82 Å². The maximum Gasteiger partial charge on any atom is 0.180 e. The van der Waals surface area contributed by atoms with E-state index in [4.69, 9.17) is 0 Å². The van der Waals surface area contributed by atoms with Gasteiger partial charge in [0.05, 0.1) is 0 Å². The molecule has 1 aromatic carbocycles. The number of nitrogens with one attached hydrogen (secondary N) is 1. The third kappa shape index (κ3) is 3.85. The zero-order valence-electron chi connectivity index (χ0n) is 12.0.